The second-order valence-corrected chi connectivity index (χ2v) is 9.18. The molecule has 178 valence electrons. The van der Waals surface area contributed by atoms with Crippen molar-refractivity contribution in [1.82, 2.24) is 20.4 Å². The second kappa shape index (κ2) is 10.7. The Morgan fingerprint density at radius 2 is 1.49 bits per heavy atom. The maximum Gasteiger partial charge on any atom is 0.251 e. The number of nitrogens with one attached hydrogen (secondary N) is 1. The van der Waals surface area contributed by atoms with Crippen LogP contribution in [0.25, 0.3) is 22.9 Å². The van der Waals surface area contributed by atoms with Gasteiger partial charge in [-0.15, -0.1) is 10.2 Å². The number of amides is 1. The number of aryl methyl sites for hydroxylation is 1. The Labute approximate surface area is 206 Å². The summed E-state index contributed by atoms with van der Waals surface area (Å²) in [5.74, 6) is 0.887. The molecular formula is C29H30N4O2. The van der Waals surface area contributed by atoms with Crippen molar-refractivity contribution < 1.29 is 9.21 Å². The first-order valence-electron chi connectivity index (χ1n) is 12.2. The smallest absolute Gasteiger partial charge is 0.251 e. The van der Waals surface area contributed by atoms with Crippen LogP contribution in [0, 0.1) is 6.92 Å². The van der Waals surface area contributed by atoms with Crippen LogP contribution >= 0.6 is 0 Å². The van der Waals surface area contributed by atoms with Crippen LogP contribution in [0.15, 0.2) is 83.3 Å². The molecule has 1 N–H and O–H groups in total. The van der Waals surface area contributed by atoms with Gasteiger partial charge in [0.1, 0.15) is 0 Å². The van der Waals surface area contributed by atoms with Crippen molar-refractivity contribution >= 4 is 5.91 Å². The Hall–Kier alpha value is -3.77. The zero-order valence-electron chi connectivity index (χ0n) is 20.0. The van der Waals surface area contributed by atoms with Gasteiger partial charge < -0.3 is 14.6 Å². The molecule has 5 rings (SSSR count). The molecule has 4 aromatic rings. The van der Waals surface area contributed by atoms with Gasteiger partial charge in [-0.05, 0) is 68.1 Å². The quantitative estimate of drug-likeness (QED) is 0.408. The predicted octanol–water partition coefficient (Wildman–Crippen LogP) is 5.15. The van der Waals surface area contributed by atoms with Crippen LogP contribution in [-0.4, -0.2) is 46.7 Å². The van der Waals surface area contributed by atoms with E-state index >= 15 is 0 Å². The van der Waals surface area contributed by atoms with E-state index in [2.05, 4.69) is 50.7 Å². The monoisotopic (exact) mass is 466 g/mol. The van der Waals surface area contributed by atoms with E-state index in [-0.39, 0.29) is 11.9 Å². The summed E-state index contributed by atoms with van der Waals surface area (Å²) >= 11 is 0. The van der Waals surface area contributed by atoms with Gasteiger partial charge in [-0.25, -0.2) is 0 Å². The first-order chi connectivity index (χ1) is 17.1. The molecule has 0 atom stereocenters. The van der Waals surface area contributed by atoms with Crippen LogP contribution in [0.1, 0.15) is 34.3 Å². The van der Waals surface area contributed by atoms with Crippen molar-refractivity contribution in [2.24, 2.45) is 0 Å². The lowest BCUT2D eigenvalue weighted by Crippen LogP contribution is -2.45. The molecule has 1 amide bonds. The summed E-state index contributed by atoms with van der Waals surface area (Å²) in [6.45, 7) is 5.12. The molecule has 2 heterocycles. The molecule has 6 heteroatoms. The van der Waals surface area contributed by atoms with Crippen molar-refractivity contribution in [2.45, 2.75) is 32.2 Å². The zero-order valence-corrected chi connectivity index (χ0v) is 20.0. The molecule has 1 aliphatic rings. The molecule has 1 aromatic heterocycles. The average Bonchev–Trinajstić information content (AvgIpc) is 3.40. The highest BCUT2D eigenvalue weighted by atomic mass is 16.4. The maximum atomic E-state index is 12.8. The predicted molar refractivity (Wildman–Crippen MR) is 137 cm³/mol. The fourth-order valence-corrected chi connectivity index (χ4v) is 4.42. The van der Waals surface area contributed by atoms with Gasteiger partial charge in [0, 0.05) is 42.4 Å². The summed E-state index contributed by atoms with van der Waals surface area (Å²) in [5.41, 5.74) is 4.86. The summed E-state index contributed by atoms with van der Waals surface area (Å²) in [5, 5.41) is 11.5. The van der Waals surface area contributed by atoms with E-state index in [1.54, 1.807) is 0 Å². The summed E-state index contributed by atoms with van der Waals surface area (Å²) in [6.07, 6.45) is 3.02. The minimum Gasteiger partial charge on any atom is -0.416 e. The van der Waals surface area contributed by atoms with E-state index in [1.807, 2.05) is 55.5 Å². The molecule has 0 bridgehead atoms. The first kappa shape index (κ1) is 23.0. The van der Waals surface area contributed by atoms with E-state index in [1.165, 1.54) is 11.1 Å². The topological polar surface area (TPSA) is 71.3 Å². The molecular weight excluding hydrogens is 436 g/mol. The van der Waals surface area contributed by atoms with Crippen LogP contribution in [0.4, 0.5) is 0 Å². The van der Waals surface area contributed by atoms with Gasteiger partial charge in [-0.2, -0.15) is 0 Å². The zero-order chi connectivity index (χ0) is 24.0. The lowest BCUT2D eigenvalue weighted by atomic mass is 10.0. The summed E-state index contributed by atoms with van der Waals surface area (Å²) in [4.78, 5) is 15.3. The number of carbonyl (C=O) groups excluding carboxylic acids is 1. The summed E-state index contributed by atoms with van der Waals surface area (Å²) in [7, 11) is 0. The third-order valence-electron chi connectivity index (χ3n) is 6.60. The minimum absolute atomic E-state index is 0.0369. The number of benzene rings is 3. The van der Waals surface area contributed by atoms with Crippen LogP contribution in [0.3, 0.4) is 0 Å². The van der Waals surface area contributed by atoms with E-state index in [0.717, 1.165) is 50.0 Å². The highest BCUT2D eigenvalue weighted by Gasteiger charge is 2.21. The van der Waals surface area contributed by atoms with Crippen molar-refractivity contribution in [3.63, 3.8) is 0 Å². The number of aromatic nitrogens is 2. The Balaban J connectivity index is 1.12. The van der Waals surface area contributed by atoms with E-state index < -0.39 is 0 Å². The van der Waals surface area contributed by atoms with Gasteiger partial charge >= 0.3 is 0 Å². The van der Waals surface area contributed by atoms with Crippen LogP contribution in [0.5, 0.6) is 0 Å². The van der Waals surface area contributed by atoms with Crippen LogP contribution in [0.2, 0.25) is 0 Å². The Kier molecular flexibility index (Phi) is 7.00. The number of hydrogen-bond acceptors (Lipinski definition) is 5. The van der Waals surface area contributed by atoms with E-state index in [9.17, 15) is 4.79 Å². The van der Waals surface area contributed by atoms with Crippen molar-refractivity contribution in [1.29, 1.82) is 0 Å². The highest BCUT2D eigenvalue weighted by molar-refractivity contribution is 5.94. The number of likely N-dealkylation sites (tertiary alicyclic amines) is 1. The molecule has 0 unspecified atom stereocenters. The lowest BCUT2D eigenvalue weighted by Gasteiger charge is -2.32. The molecule has 0 aliphatic carbocycles. The number of rotatable bonds is 7. The van der Waals surface area contributed by atoms with Gasteiger partial charge in [0.2, 0.25) is 11.8 Å². The lowest BCUT2D eigenvalue weighted by molar-refractivity contribution is 0.0911. The molecule has 1 aliphatic heterocycles. The van der Waals surface area contributed by atoms with Gasteiger partial charge in [-0.3, -0.25) is 4.79 Å². The third-order valence-corrected chi connectivity index (χ3v) is 6.60. The molecule has 35 heavy (non-hydrogen) atoms. The number of carbonyl (C=O) groups is 1. The third kappa shape index (κ3) is 5.84. The fourth-order valence-electron chi connectivity index (χ4n) is 4.42. The van der Waals surface area contributed by atoms with Gasteiger partial charge in [0.05, 0.1) is 0 Å². The standard InChI is InChI=1S/C29H30N4O2/c1-21-7-9-24(10-8-21)28-31-32-29(35-28)25-13-11-23(12-14-25)27(34)30-26-16-19-33(20-17-26)18-15-22-5-3-2-4-6-22/h2-14,26H,15-20H2,1H3,(H,30,34). The highest BCUT2D eigenvalue weighted by Crippen LogP contribution is 2.24. The number of nitrogens with zero attached hydrogens (tertiary/aromatic N) is 3. The van der Waals surface area contributed by atoms with E-state index in [4.69, 9.17) is 4.42 Å². The summed E-state index contributed by atoms with van der Waals surface area (Å²) < 4.78 is 5.85. The number of piperidine rings is 1. The van der Waals surface area contributed by atoms with Crippen LogP contribution in [-0.2, 0) is 6.42 Å². The van der Waals surface area contributed by atoms with E-state index in [0.29, 0.717) is 17.3 Å². The molecule has 0 saturated carbocycles. The normalized spacial score (nSPS) is 14.7. The van der Waals surface area contributed by atoms with Crippen molar-refractivity contribution in [3.05, 3.63) is 95.6 Å². The minimum atomic E-state index is -0.0369. The molecule has 1 fully saturated rings. The average molecular weight is 467 g/mol. The second-order valence-electron chi connectivity index (χ2n) is 9.18. The Bertz CT molecular complexity index is 1240. The molecule has 6 nitrogen and oxygen atoms in total. The fraction of sp³-hybridized carbons (Fsp3) is 0.276. The van der Waals surface area contributed by atoms with Crippen molar-refractivity contribution in [2.75, 3.05) is 19.6 Å². The summed E-state index contributed by atoms with van der Waals surface area (Å²) in [6, 6.07) is 26.1. The SMILES string of the molecule is Cc1ccc(-c2nnc(-c3ccc(C(=O)NC4CCN(CCc5ccccc5)CC4)cc3)o2)cc1. The molecule has 3 aromatic carbocycles. The molecule has 1 saturated heterocycles. The van der Waals surface area contributed by atoms with Gasteiger partial charge in [-0.1, -0.05) is 48.0 Å². The number of hydrogen-bond donors (Lipinski definition) is 1. The van der Waals surface area contributed by atoms with Crippen molar-refractivity contribution in [3.8, 4) is 22.9 Å². The van der Waals surface area contributed by atoms with Crippen LogP contribution < -0.4 is 5.32 Å². The van der Waals surface area contributed by atoms with Gasteiger partial charge in [0.15, 0.2) is 0 Å². The largest absolute Gasteiger partial charge is 0.416 e. The molecule has 0 spiro atoms. The first-order valence-corrected chi connectivity index (χ1v) is 12.2. The molecule has 0 radical (unpaired) electrons. The maximum absolute atomic E-state index is 12.8. The van der Waals surface area contributed by atoms with Gasteiger partial charge in [0.25, 0.3) is 5.91 Å². The Morgan fingerprint density at radius 1 is 0.886 bits per heavy atom. The Morgan fingerprint density at radius 3 is 2.11 bits per heavy atom.